The van der Waals surface area contributed by atoms with Gasteiger partial charge in [-0.15, -0.1) is 0 Å². The second-order valence-electron chi connectivity index (χ2n) is 6.41. The zero-order valence-electron chi connectivity index (χ0n) is 13.4. The Labute approximate surface area is 139 Å². The van der Waals surface area contributed by atoms with E-state index in [0.717, 1.165) is 37.6 Å². The number of H-pyrrole nitrogens is 1. The van der Waals surface area contributed by atoms with Crippen LogP contribution in [0.1, 0.15) is 11.4 Å². The zero-order chi connectivity index (χ0) is 16.5. The van der Waals surface area contributed by atoms with Crippen molar-refractivity contribution in [1.29, 1.82) is 0 Å². The summed E-state index contributed by atoms with van der Waals surface area (Å²) in [6.07, 6.45) is 3.59. The number of urea groups is 1. The van der Waals surface area contributed by atoms with Gasteiger partial charge in [0.05, 0.1) is 12.6 Å². The van der Waals surface area contributed by atoms with E-state index in [9.17, 15) is 9.18 Å². The number of carbonyl (C=O) groups excluding carboxylic acids is 1. The van der Waals surface area contributed by atoms with E-state index in [1.54, 1.807) is 18.3 Å². The third-order valence-electron chi connectivity index (χ3n) is 4.73. The molecule has 3 heterocycles. The molecule has 0 radical (unpaired) electrons. The van der Waals surface area contributed by atoms with Crippen LogP contribution in [0.5, 0.6) is 0 Å². The van der Waals surface area contributed by atoms with Crippen molar-refractivity contribution in [2.75, 3.05) is 26.2 Å². The van der Waals surface area contributed by atoms with Gasteiger partial charge in [0.15, 0.2) is 0 Å². The van der Waals surface area contributed by atoms with Gasteiger partial charge in [-0.2, -0.15) is 0 Å². The molecule has 2 amide bonds. The molecule has 4 rings (SSSR count). The van der Waals surface area contributed by atoms with Crippen LogP contribution < -0.4 is 0 Å². The molecule has 126 valence electrons. The molecule has 0 spiro atoms. The Balaban J connectivity index is 1.39. The average molecular weight is 329 g/mol. The SMILES string of the molecule is O=C1N(Cc2ccc(F)cc2)C[C@H]2CN(Cc3ncc[nH]3)CCN12. The third kappa shape index (κ3) is 2.99. The van der Waals surface area contributed by atoms with E-state index >= 15 is 0 Å². The van der Waals surface area contributed by atoms with E-state index in [-0.39, 0.29) is 17.9 Å². The van der Waals surface area contributed by atoms with E-state index in [2.05, 4.69) is 14.9 Å². The van der Waals surface area contributed by atoms with Gasteiger partial charge in [-0.1, -0.05) is 12.1 Å². The second kappa shape index (κ2) is 6.24. The predicted octanol–water partition coefficient (Wildman–Crippen LogP) is 1.67. The summed E-state index contributed by atoms with van der Waals surface area (Å²) in [5, 5.41) is 0. The van der Waals surface area contributed by atoms with E-state index < -0.39 is 0 Å². The Morgan fingerprint density at radius 1 is 1.17 bits per heavy atom. The van der Waals surface area contributed by atoms with Crippen LogP contribution in [0, 0.1) is 5.82 Å². The lowest BCUT2D eigenvalue weighted by Gasteiger charge is -2.35. The maximum absolute atomic E-state index is 13.0. The van der Waals surface area contributed by atoms with Crippen molar-refractivity contribution in [3.63, 3.8) is 0 Å². The molecule has 0 unspecified atom stereocenters. The molecular weight excluding hydrogens is 309 g/mol. The van der Waals surface area contributed by atoms with Gasteiger partial charge < -0.3 is 14.8 Å². The molecule has 1 aromatic carbocycles. The van der Waals surface area contributed by atoms with Gasteiger partial charge in [-0.3, -0.25) is 4.90 Å². The lowest BCUT2D eigenvalue weighted by atomic mass is 10.2. The van der Waals surface area contributed by atoms with Crippen LogP contribution in [0.4, 0.5) is 9.18 Å². The number of aromatic nitrogens is 2. The van der Waals surface area contributed by atoms with Crippen LogP contribution in [0.2, 0.25) is 0 Å². The van der Waals surface area contributed by atoms with Crippen molar-refractivity contribution in [2.24, 2.45) is 0 Å². The Morgan fingerprint density at radius 2 is 2.00 bits per heavy atom. The number of fused-ring (bicyclic) bond motifs is 1. The van der Waals surface area contributed by atoms with Crippen LogP contribution in [0.15, 0.2) is 36.7 Å². The smallest absolute Gasteiger partial charge is 0.320 e. The molecule has 1 atom stereocenters. The van der Waals surface area contributed by atoms with E-state index in [4.69, 9.17) is 0 Å². The molecule has 2 fully saturated rings. The number of aromatic amines is 1. The maximum Gasteiger partial charge on any atom is 0.320 e. The van der Waals surface area contributed by atoms with Crippen molar-refractivity contribution < 1.29 is 9.18 Å². The van der Waals surface area contributed by atoms with Crippen LogP contribution in [0.25, 0.3) is 0 Å². The summed E-state index contributed by atoms with van der Waals surface area (Å²) in [6.45, 7) is 4.47. The van der Waals surface area contributed by atoms with Crippen molar-refractivity contribution >= 4 is 6.03 Å². The minimum absolute atomic E-state index is 0.0852. The van der Waals surface area contributed by atoms with Gasteiger partial charge >= 0.3 is 6.03 Å². The number of nitrogens with zero attached hydrogens (tertiary/aromatic N) is 4. The van der Waals surface area contributed by atoms with Crippen LogP contribution in [-0.4, -0.2) is 62.9 Å². The number of benzene rings is 1. The minimum Gasteiger partial charge on any atom is -0.348 e. The molecule has 1 N–H and O–H groups in total. The van der Waals surface area contributed by atoms with Crippen molar-refractivity contribution in [3.8, 4) is 0 Å². The molecule has 2 aliphatic rings. The number of nitrogens with one attached hydrogen (secondary N) is 1. The molecule has 6 nitrogen and oxygen atoms in total. The lowest BCUT2D eigenvalue weighted by Crippen LogP contribution is -2.51. The normalized spacial score (nSPS) is 21.4. The minimum atomic E-state index is -0.252. The van der Waals surface area contributed by atoms with E-state index in [1.165, 1.54) is 12.1 Å². The summed E-state index contributed by atoms with van der Waals surface area (Å²) in [6, 6.07) is 6.65. The van der Waals surface area contributed by atoms with Crippen LogP contribution in [0.3, 0.4) is 0 Å². The third-order valence-corrected chi connectivity index (χ3v) is 4.73. The zero-order valence-corrected chi connectivity index (χ0v) is 13.4. The van der Waals surface area contributed by atoms with Crippen molar-refractivity contribution in [2.45, 2.75) is 19.1 Å². The fraction of sp³-hybridized carbons (Fsp3) is 0.412. The van der Waals surface area contributed by atoms with Gasteiger partial charge in [-0.05, 0) is 17.7 Å². The van der Waals surface area contributed by atoms with Gasteiger partial charge in [-0.25, -0.2) is 14.2 Å². The van der Waals surface area contributed by atoms with Crippen LogP contribution >= 0.6 is 0 Å². The molecule has 1 aromatic heterocycles. The van der Waals surface area contributed by atoms with Gasteiger partial charge in [0.25, 0.3) is 0 Å². The Hall–Kier alpha value is -2.41. The molecule has 2 aliphatic heterocycles. The maximum atomic E-state index is 13.0. The predicted molar refractivity (Wildman–Crippen MR) is 86.6 cm³/mol. The van der Waals surface area contributed by atoms with E-state index in [0.29, 0.717) is 13.1 Å². The average Bonchev–Trinajstić information content (AvgIpc) is 3.19. The number of rotatable bonds is 4. The molecule has 7 heteroatoms. The first-order valence-electron chi connectivity index (χ1n) is 8.19. The Bertz CT molecular complexity index is 702. The summed E-state index contributed by atoms with van der Waals surface area (Å²) < 4.78 is 13.0. The highest BCUT2D eigenvalue weighted by atomic mass is 19.1. The number of amides is 2. The molecule has 0 saturated carbocycles. The number of piperazine rings is 1. The second-order valence-corrected chi connectivity index (χ2v) is 6.41. The van der Waals surface area contributed by atoms with Crippen LogP contribution in [-0.2, 0) is 13.1 Å². The Kier molecular flexibility index (Phi) is 3.93. The van der Waals surface area contributed by atoms with Gasteiger partial charge in [0.2, 0.25) is 0 Å². The summed E-state index contributed by atoms with van der Waals surface area (Å²) in [5.74, 6) is 0.702. The topological polar surface area (TPSA) is 55.5 Å². The molecule has 24 heavy (non-hydrogen) atoms. The first kappa shape index (κ1) is 15.1. The van der Waals surface area contributed by atoms with E-state index in [1.807, 2.05) is 16.0 Å². The molecule has 2 saturated heterocycles. The standard InChI is InChI=1S/C17H20FN5O/c18-14-3-1-13(2-4-14)9-22-11-15-10-21(7-8-23(15)17(22)24)12-16-19-5-6-20-16/h1-6,15H,7-12H2,(H,19,20)/t15-/m1/s1. The van der Waals surface area contributed by atoms with Crippen molar-refractivity contribution in [3.05, 3.63) is 53.9 Å². The fourth-order valence-corrected chi connectivity index (χ4v) is 3.52. The highest BCUT2D eigenvalue weighted by Gasteiger charge is 2.40. The summed E-state index contributed by atoms with van der Waals surface area (Å²) in [7, 11) is 0. The summed E-state index contributed by atoms with van der Waals surface area (Å²) >= 11 is 0. The first-order valence-corrected chi connectivity index (χ1v) is 8.19. The van der Waals surface area contributed by atoms with Gasteiger partial charge in [0.1, 0.15) is 11.6 Å². The molecule has 0 bridgehead atoms. The first-order chi connectivity index (χ1) is 11.7. The Morgan fingerprint density at radius 3 is 2.75 bits per heavy atom. The molecule has 2 aromatic rings. The summed E-state index contributed by atoms with van der Waals surface area (Å²) in [4.78, 5) is 26.1. The highest BCUT2D eigenvalue weighted by molar-refractivity contribution is 5.77. The quantitative estimate of drug-likeness (QED) is 0.928. The molecule has 0 aliphatic carbocycles. The number of carbonyl (C=O) groups is 1. The molecular formula is C17H20FN5O. The lowest BCUT2D eigenvalue weighted by molar-refractivity contribution is 0.114. The van der Waals surface area contributed by atoms with Crippen molar-refractivity contribution in [1.82, 2.24) is 24.7 Å². The van der Waals surface area contributed by atoms with Gasteiger partial charge in [0, 0.05) is 45.1 Å². The fourth-order valence-electron chi connectivity index (χ4n) is 3.52. The number of hydrogen-bond acceptors (Lipinski definition) is 3. The monoisotopic (exact) mass is 329 g/mol. The highest BCUT2D eigenvalue weighted by Crippen LogP contribution is 2.23. The summed E-state index contributed by atoms with van der Waals surface area (Å²) in [5.41, 5.74) is 0.956. The number of hydrogen-bond donors (Lipinski definition) is 1. The number of halogens is 1. The largest absolute Gasteiger partial charge is 0.348 e. The number of imidazole rings is 1.